The number of carbonyl (C=O) groups is 2. The van der Waals surface area contributed by atoms with Crippen LogP contribution in [0.2, 0.25) is 0 Å². The molecule has 2 N–H and O–H groups in total. The maximum absolute atomic E-state index is 11.6. The van der Waals surface area contributed by atoms with Gasteiger partial charge in [-0.2, -0.15) is 0 Å². The molecule has 1 aliphatic rings. The Morgan fingerprint density at radius 3 is 2.50 bits per heavy atom. The van der Waals surface area contributed by atoms with E-state index in [1.54, 1.807) is 0 Å². The van der Waals surface area contributed by atoms with Gasteiger partial charge >= 0.3 is 0 Å². The van der Waals surface area contributed by atoms with E-state index in [4.69, 9.17) is 0 Å². The van der Waals surface area contributed by atoms with E-state index in [2.05, 4.69) is 40.4 Å². The van der Waals surface area contributed by atoms with E-state index in [0.717, 1.165) is 18.4 Å². The molecule has 4 nitrogen and oxygen atoms in total. The van der Waals surface area contributed by atoms with Crippen molar-refractivity contribution in [3.8, 4) is 0 Å². The van der Waals surface area contributed by atoms with E-state index in [1.165, 1.54) is 0 Å². The quantitative estimate of drug-likeness (QED) is 0.647. The van der Waals surface area contributed by atoms with Crippen molar-refractivity contribution in [2.24, 2.45) is 5.92 Å². The summed E-state index contributed by atoms with van der Waals surface area (Å²) in [6.45, 7) is 4.40. The molecule has 0 saturated carbocycles. The van der Waals surface area contributed by atoms with Crippen molar-refractivity contribution in [3.05, 3.63) is 23.8 Å². The van der Waals surface area contributed by atoms with Crippen molar-refractivity contribution in [3.63, 3.8) is 0 Å². The molecule has 0 aliphatic carbocycles. The first-order valence-electron chi connectivity index (χ1n) is 6.87. The minimum Gasteiger partial charge on any atom is -0.324 e. The number of benzene rings is 1. The van der Waals surface area contributed by atoms with Gasteiger partial charge < -0.3 is 10.6 Å². The van der Waals surface area contributed by atoms with Crippen molar-refractivity contribution >= 4 is 39.1 Å². The van der Waals surface area contributed by atoms with Gasteiger partial charge in [0.25, 0.3) is 0 Å². The van der Waals surface area contributed by atoms with Gasteiger partial charge in [-0.1, -0.05) is 42.3 Å². The minimum absolute atomic E-state index is 0.130. The van der Waals surface area contributed by atoms with Crippen LogP contribution in [-0.4, -0.2) is 11.8 Å². The standard InChI is InChI=1S/C15H19BrN2O2/c1-3-9(2)6-11(16)10-4-5-12-13(7-10)18-15(20)8-14(19)17-12/h4-5,7,9,11H,3,6,8H2,1-2H3,(H,17,19)(H,18,20). The van der Waals surface area contributed by atoms with Crippen LogP contribution in [-0.2, 0) is 9.59 Å². The van der Waals surface area contributed by atoms with E-state index in [-0.39, 0.29) is 23.1 Å². The number of halogens is 1. The highest BCUT2D eigenvalue weighted by atomic mass is 79.9. The molecule has 0 spiro atoms. The number of carbonyl (C=O) groups excluding carboxylic acids is 2. The van der Waals surface area contributed by atoms with Gasteiger partial charge in [-0.3, -0.25) is 9.59 Å². The van der Waals surface area contributed by atoms with Gasteiger partial charge in [0.05, 0.1) is 11.4 Å². The highest BCUT2D eigenvalue weighted by molar-refractivity contribution is 9.09. The Hall–Kier alpha value is -1.36. The molecule has 0 saturated heterocycles. The number of alkyl halides is 1. The van der Waals surface area contributed by atoms with Crippen LogP contribution in [0.25, 0.3) is 0 Å². The third-order valence-electron chi connectivity index (χ3n) is 3.58. The summed E-state index contributed by atoms with van der Waals surface area (Å²) in [7, 11) is 0. The Labute approximate surface area is 127 Å². The van der Waals surface area contributed by atoms with Gasteiger partial charge in [0.1, 0.15) is 6.42 Å². The van der Waals surface area contributed by atoms with Crippen LogP contribution in [0.5, 0.6) is 0 Å². The Bertz CT molecular complexity index is 531. The van der Waals surface area contributed by atoms with Crippen molar-refractivity contribution in [2.45, 2.75) is 37.9 Å². The molecule has 5 heteroatoms. The predicted molar refractivity (Wildman–Crippen MR) is 84.1 cm³/mol. The second-order valence-corrected chi connectivity index (χ2v) is 6.40. The Balaban J connectivity index is 2.22. The van der Waals surface area contributed by atoms with Gasteiger partial charge in [-0.05, 0) is 30.0 Å². The SMILES string of the molecule is CCC(C)CC(Br)c1ccc2c(c1)NC(=O)CC(=O)N2. The van der Waals surface area contributed by atoms with Crippen LogP contribution in [0.3, 0.4) is 0 Å². The monoisotopic (exact) mass is 338 g/mol. The van der Waals surface area contributed by atoms with Crippen molar-refractivity contribution in [1.29, 1.82) is 0 Å². The minimum atomic E-state index is -0.274. The fourth-order valence-corrected chi connectivity index (χ4v) is 3.08. The van der Waals surface area contributed by atoms with Crippen molar-refractivity contribution in [1.82, 2.24) is 0 Å². The Morgan fingerprint density at radius 2 is 1.85 bits per heavy atom. The third-order valence-corrected chi connectivity index (χ3v) is 4.48. The van der Waals surface area contributed by atoms with Crippen LogP contribution in [0.1, 0.15) is 43.5 Å². The molecule has 1 aromatic rings. The lowest BCUT2D eigenvalue weighted by Crippen LogP contribution is -2.16. The average molecular weight is 339 g/mol. The van der Waals surface area contributed by atoms with Crippen LogP contribution in [0, 0.1) is 5.92 Å². The van der Waals surface area contributed by atoms with Crippen molar-refractivity contribution < 1.29 is 9.59 Å². The highest BCUT2D eigenvalue weighted by Gasteiger charge is 2.20. The third kappa shape index (κ3) is 3.60. The lowest BCUT2D eigenvalue weighted by Gasteiger charge is -2.17. The number of fused-ring (bicyclic) bond motifs is 1. The summed E-state index contributed by atoms with van der Waals surface area (Å²) in [4.78, 5) is 23.3. The molecule has 1 aliphatic heterocycles. The molecular formula is C15H19BrN2O2. The molecule has 1 heterocycles. The van der Waals surface area contributed by atoms with E-state index < -0.39 is 0 Å². The first kappa shape index (κ1) is 15.0. The summed E-state index contributed by atoms with van der Waals surface area (Å²) >= 11 is 3.70. The summed E-state index contributed by atoms with van der Waals surface area (Å²) < 4.78 is 0. The van der Waals surface area contributed by atoms with Gasteiger partial charge in [-0.15, -0.1) is 0 Å². The summed E-state index contributed by atoms with van der Waals surface area (Å²) in [5.74, 6) is 0.0860. The molecule has 2 amide bonds. The zero-order valence-electron chi connectivity index (χ0n) is 11.7. The molecule has 2 unspecified atom stereocenters. The number of hydrogen-bond donors (Lipinski definition) is 2. The van der Waals surface area contributed by atoms with Crippen molar-refractivity contribution in [2.75, 3.05) is 10.6 Å². The second-order valence-electron chi connectivity index (χ2n) is 5.29. The van der Waals surface area contributed by atoms with Gasteiger partial charge in [0.15, 0.2) is 0 Å². The zero-order chi connectivity index (χ0) is 14.7. The van der Waals surface area contributed by atoms with Gasteiger partial charge in [0, 0.05) is 4.83 Å². The van der Waals surface area contributed by atoms with E-state index >= 15 is 0 Å². The van der Waals surface area contributed by atoms with Gasteiger partial charge in [0.2, 0.25) is 11.8 Å². The maximum atomic E-state index is 11.6. The van der Waals surface area contributed by atoms with Crippen LogP contribution in [0.15, 0.2) is 18.2 Å². The summed E-state index contributed by atoms with van der Waals surface area (Å²) in [6, 6.07) is 5.76. The van der Waals surface area contributed by atoms with Crippen LogP contribution >= 0.6 is 15.9 Å². The topological polar surface area (TPSA) is 58.2 Å². The second kappa shape index (κ2) is 6.39. The molecule has 0 aromatic heterocycles. The average Bonchev–Trinajstić information content (AvgIpc) is 2.53. The molecule has 0 fully saturated rings. The molecule has 20 heavy (non-hydrogen) atoms. The zero-order valence-corrected chi connectivity index (χ0v) is 13.3. The number of rotatable bonds is 4. The van der Waals surface area contributed by atoms with E-state index in [1.807, 2.05) is 18.2 Å². The molecule has 0 bridgehead atoms. The number of hydrogen-bond acceptors (Lipinski definition) is 2. The fourth-order valence-electron chi connectivity index (χ4n) is 2.16. The molecule has 1 aromatic carbocycles. The van der Waals surface area contributed by atoms with Crippen LogP contribution in [0.4, 0.5) is 11.4 Å². The Kier molecular flexibility index (Phi) is 4.81. The fraction of sp³-hybridized carbons (Fsp3) is 0.467. The predicted octanol–water partition coefficient (Wildman–Crippen LogP) is 3.84. The lowest BCUT2D eigenvalue weighted by atomic mass is 9.98. The Morgan fingerprint density at radius 1 is 1.20 bits per heavy atom. The number of amides is 2. The smallest absolute Gasteiger partial charge is 0.233 e. The lowest BCUT2D eigenvalue weighted by molar-refractivity contribution is -0.123. The number of nitrogens with one attached hydrogen (secondary N) is 2. The van der Waals surface area contributed by atoms with Crippen LogP contribution < -0.4 is 10.6 Å². The molecule has 2 rings (SSSR count). The molecule has 108 valence electrons. The summed E-state index contributed by atoms with van der Waals surface area (Å²) in [6.07, 6.45) is 2.05. The summed E-state index contributed by atoms with van der Waals surface area (Å²) in [5.41, 5.74) is 2.44. The maximum Gasteiger partial charge on any atom is 0.233 e. The normalized spacial score (nSPS) is 17.6. The van der Waals surface area contributed by atoms with E-state index in [9.17, 15) is 9.59 Å². The first-order valence-corrected chi connectivity index (χ1v) is 7.79. The molecule has 0 radical (unpaired) electrons. The largest absolute Gasteiger partial charge is 0.324 e. The van der Waals surface area contributed by atoms with Gasteiger partial charge in [-0.25, -0.2) is 0 Å². The first-order chi connectivity index (χ1) is 9.49. The van der Waals surface area contributed by atoms with E-state index in [0.29, 0.717) is 17.3 Å². The molecular weight excluding hydrogens is 320 g/mol. The summed E-state index contributed by atoms with van der Waals surface area (Å²) in [5, 5.41) is 5.51. The molecule has 2 atom stereocenters. The number of anilines is 2. The highest BCUT2D eigenvalue weighted by Crippen LogP contribution is 2.35.